The molecule has 0 aliphatic heterocycles. The van der Waals surface area contributed by atoms with Crippen molar-refractivity contribution in [3.8, 4) is 0 Å². The number of ether oxygens (including phenoxy) is 1. The zero-order valence-corrected chi connectivity index (χ0v) is 16.7. The second-order valence-corrected chi connectivity index (χ2v) is 7.30. The van der Waals surface area contributed by atoms with Crippen LogP contribution in [-0.4, -0.2) is 12.1 Å². The summed E-state index contributed by atoms with van der Waals surface area (Å²) < 4.78 is 5.80. The molecular formula is C23H38O2. The van der Waals surface area contributed by atoms with Crippen molar-refractivity contribution in [3.63, 3.8) is 0 Å². The molecule has 0 bridgehead atoms. The molecule has 0 aliphatic carbocycles. The lowest BCUT2D eigenvalue weighted by molar-refractivity contribution is 0.0250. The minimum Gasteiger partial charge on any atom is -0.459 e. The molecule has 0 aliphatic rings. The van der Waals surface area contributed by atoms with E-state index in [-0.39, 0.29) is 12.1 Å². The van der Waals surface area contributed by atoms with Gasteiger partial charge in [0.2, 0.25) is 0 Å². The van der Waals surface area contributed by atoms with Crippen molar-refractivity contribution in [2.45, 2.75) is 104 Å². The number of hydrogen-bond donors (Lipinski definition) is 0. The molecule has 2 heteroatoms. The highest BCUT2D eigenvalue weighted by Gasteiger charge is 2.15. The van der Waals surface area contributed by atoms with E-state index >= 15 is 0 Å². The SMILES string of the molecule is CCCCCCCCCCC(CCCC)OC(=O)c1ccc(C)cc1. The van der Waals surface area contributed by atoms with Gasteiger partial charge in [0, 0.05) is 0 Å². The van der Waals surface area contributed by atoms with E-state index in [0.29, 0.717) is 5.56 Å². The van der Waals surface area contributed by atoms with Gasteiger partial charge in [0.05, 0.1) is 5.56 Å². The van der Waals surface area contributed by atoms with Crippen LogP contribution in [-0.2, 0) is 4.74 Å². The quantitative estimate of drug-likeness (QED) is 0.262. The molecule has 0 heterocycles. The fourth-order valence-electron chi connectivity index (χ4n) is 3.11. The number of unbranched alkanes of at least 4 members (excludes halogenated alkanes) is 8. The lowest BCUT2D eigenvalue weighted by atomic mass is 10.0. The van der Waals surface area contributed by atoms with Gasteiger partial charge in [0.1, 0.15) is 6.10 Å². The fraction of sp³-hybridized carbons (Fsp3) is 0.696. The topological polar surface area (TPSA) is 26.3 Å². The smallest absolute Gasteiger partial charge is 0.338 e. The predicted molar refractivity (Wildman–Crippen MR) is 107 cm³/mol. The van der Waals surface area contributed by atoms with Gasteiger partial charge in [-0.15, -0.1) is 0 Å². The molecule has 0 spiro atoms. The molecule has 1 rings (SSSR count). The second-order valence-electron chi connectivity index (χ2n) is 7.30. The van der Waals surface area contributed by atoms with Gasteiger partial charge in [-0.25, -0.2) is 4.79 Å². The molecule has 2 nitrogen and oxygen atoms in total. The Kier molecular flexibility index (Phi) is 12.1. The third-order valence-corrected chi connectivity index (χ3v) is 4.82. The molecule has 142 valence electrons. The third-order valence-electron chi connectivity index (χ3n) is 4.82. The molecule has 0 aromatic heterocycles. The molecule has 0 saturated heterocycles. The first-order valence-electron chi connectivity index (χ1n) is 10.4. The summed E-state index contributed by atoms with van der Waals surface area (Å²) in [5.74, 6) is -0.166. The Morgan fingerprint density at radius 2 is 1.32 bits per heavy atom. The van der Waals surface area contributed by atoms with Crippen molar-refractivity contribution in [2.24, 2.45) is 0 Å². The van der Waals surface area contributed by atoms with Gasteiger partial charge in [0.25, 0.3) is 0 Å². The highest BCUT2D eigenvalue weighted by molar-refractivity contribution is 5.89. The van der Waals surface area contributed by atoms with Crippen LogP contribution in [0.25, 0.3) is 0 Å². The zero-order valence-electron chi connectivity index (χ0n) is 16.7. The molecule has 25 heavy (non-hydrogen) atoms. The summed E-state index contributed by atoms with van der Waals surface area (Å²) in [6, 6.07) is 7.67. The number of esters is 1. The van der Waals surface area contributed by atoms with Crippen LogP contribution in [0.3, 0.4) is 0 Å². The molecular weight excluding hydrogens is 308 g/mol. The van der Waals surface area contributed by atoms with Crippen LogP contribution < -0.4 is 0 Å². The van der Waals surface area contributed by atoms with E-state index in [0.717, 1.165) is 31.2 Å². The Bertz CT molecular complexity index is 450. The number of aryl methyl sites for hydroxylation is 1. The summed E-state index contributed by atoms with van der Waals surface area (Å²) >= 11 is 0. The number of carbonyl (C=O) groups excluding carboxylic acids is 1. The Hall–Kier alpha value is -1.31. The monoisotopic (exact) mass is 346 g/mol. The summed E-state index contributed by atoms with van der Waals surface area (Å²) in [6.07, 6.45) is 14.9. The van der Waals surface area contributed by atoms with E-state index in [1.54, 1.807) is 0 Å². The molecule has 1 aromatic rings. The maximum atomic E-state index is 12.3. The van der Waals surface area contributed by atoms with Crippen molar-refractivity contribution >= 4 is 5.97 Å². The summed E-state index contributed by atoms with van der Waals surface area (Å²) in [6.45, 7) is 6.48. The van der Waals surface area contributed by atoms with Gasteiger partial charge < -0.3 is 4.74 Å². The Morgan fingerprint density at radius 3 is 1.92 bits per heavy atom. The van der Waals surface area contributed by atoms with E-state index in [9.17, 15) is 4.79 Å². The van der Waals surface area contributed by atoms with Crippen LogP contribution in [0.15, 0.2) is 24.3 Å². The first-order chi connectivity index (χ1) is 12.2. The molecule has 0 amide bonds. The molecule has 1 aromatic carbocycles. The number of hydrogen-bond acceptors (Lipinski definition) is 2. The normalized spacial score (nSPS) is 12.1. The maximum absolute atomic E-state index is 12.3. The van der Waals surface area contributed by atoms with Gasteiger partial charge in [-0.1, -0.05) is 89.3 Å². The Labute approximate surface area is 155 Å². The highest BCUT2D eigenvalue weighted by Crippen LogP contribution is 2.17. The van der Waals surface area contributed by atoms with Crippen LogP contribution >= 0.6 is 0 Å². The lowest BCUT2D eigenvalue weighted by Gasteiger charge is -2.18. The van der Waals surface area contributed by atoms with Gasteiger partial charge in [0.15, 0.2) is 0 Å². The molecule has 0 radical (unpaired) electrons. The Morgan fingerprint density at radius 1 is 0.800 bits per heavy atom. The Balaban J connectivity index is 2.30. The van der Waals surface area contributed by atoms with E-state index in [1.807, 2.05) is 31.2 Å². The summed E-state index contributed by atoms with van der Waals surface area (Å²) in [7, 11) is 0. The predicted octanol–water partition coefficient (Wildman–Crippen LogP) is 7.24. The van der Waals surface area contributed by atoms with Crippen LogP contribution in [0.2, 0.25) is 0 Å². The average Bonchev–Trinajstić information content (AvgIpc) is 2.62. The summed E-state index contributed by atoms with van der Waals surface area (Å²) in [5.41, 5.74) is 1.83. The largest absolute Gasteiger partial charge is 0.459 e. The van der Waals surface area contributed by atoms with E-state index in [1.165, 1.54) is 51.4 Å². The van der Waals surface area contributed by atoms with Gasteiger partial charge >= 0.3 is 5.97 Å². The van der Waals surface area contributed by atoms with Gasteiger partial charge in [-0.05, 0) is 38.3 Å². The second kappa shape index (κ2) is 13.9. The van der Waals surface area contributed by atoms with Gasteiger partial charge in [-0.3, -0.25) is 0 Å². The minimum absolute atomic E-state index is 0.0776. The average molecular weight is 347 g/mol. The van der Waals surface area contributed by atoms with Crippen molar-refractivity contribution < 1.29 is 9.53 Å². The first-order valence-corrected chi connectivity index (χ1v) is 10.4. The van der Waals surface area contributed by atoms with Crippen LogP contribution in [0.1, 0.15) is 107 Å². The van der Waals surface area contributed by atoms with Crippen molar-refractivity contribution in [3.05, 3.63) is 35.4 Å². The molecule has 0 N–H and O–H groups in total. The van der Waals surface area contributed by atoms with Crippen LogP contribution in [0.5, 0.6) is 0 Å². The standard InChI is InChI=1S/C23H38O2/c1-4-6-8-9-10-11-12-13-15-22(14-7-5-2)25-23(24)21-18-16-20(3)17-19-21/h16-19,22H,4-15H2,1-3H3. The van der Waals surface area contributed by atoms with Crippen molar-refractivity contribution in [2.75, 3.05) is 0 Å². The molecule has 0 fully saturated rings. The summed E-state index contributed by atoms with van der Waals surface area (Å²) in [5, 5.41) is 0. The van der Waals surface area contributed by atoms with Crippen molar-refractivity contribution in [1.82, 2.24) is 0 Å². The third kappa shape index (κ3) is 10.3. The van der Waals surface area contributed by atoms with Crippen molar-refractivity contribution in [1.29, 1.82) is 0 Å². The summed E-state index contributed by atoms with van der Waals surface area (Å²) in [4.78, 5) is 12.3. The van der Waals surface area contributed by atoms with E-state index in [4.69, 9.17) is 4.74 Å². The lowest BCUT2D eigenvalue weighted by Crippen LogP contribution is -2.18. The maximum Gasteiger partial charge on any atom is 0.338 e. The fourth-order valence-corrected chi connectivity index (χ4v) is 3.11. The minimum atomic E-state index is -0.166. The van der Waals surface area contributed by atoms with E-state index in [2.05, 4.69) is 13.8 Å². The van der Waals surface area contributed by atoms with E-state index < -0.39 is 0 Å². The zero-order chi connectivity index (χ0) is 18.3. The first kappa shape index (κ1) is 21.7. The number of benzene rings is 1. The van der Waals surface area contributed by atoms with Crippen LogP contribution in [0.4, 0.5) is 0 Å². The highest BCUT2D eigenvalue weighted by atomic mass is 16.5. The molecule has 1 unspecified atom stereocenters. The van der Waals surface area contributed by atoms with Crippen LogP contribution in [0, 0.1) is 6.92 Å². The molecule has 1 atom stereocenters. The number of carbonyl (C=O) groups is 1. The number of rotatable bonds is 14. The van der Waals surface area contributed by atoms with Gasteiger partial charge in [-0.2, -0.15) is 0 Å². The molecule has 0 saturated carbocycles.